The van der Waals surface area contributed by atoms with Crippen LogP contribution in [0.4, 0.5) is 0 Å². The summed E-state index contributed by atoms with van der Waals surface area (Å²) in [6, 6.07) is 8.04. The van der Waals surface area contributed by atoms with E-state index in [1.165, 1.54) is 5.57 Å². The maximum atomic E-state index is 12.3. The third-order valence-electron chi connectivity index (χ3n) is 4.56. The number of allylic oxidation sites excluding steroid dienone is 1. The zero-order valence-electron chi connectivity index (χ0n) is 11.1. The number of benzene rings is 1. The Morgan fingerprint density at radius 2 is 2.05 bits per heavy atom. The lowest BCUT2D eigenvalue weighted by Gasteiger charge is -2.33. The van der Waals surface area contributed by atoms with Gasteiger partial charge in [0.1, 0.15) is 5.58 Å². The van der Waals surface area contributed by atoms with Gasteiger partial charge in [0.25, 0.3) is 0 Å². The number of sulfone groups is 1. The molecule has 2 atom stereocenters. The summed E-state index contributed by atoms with van der Waals surface area (Å²) in [6.07, 6.45) is 6.93. The van der Waals surface area contributed by atoms with E-state index < -0.39 is 9.84 Å². The van der Waals surface area contributed by atoms with Gasteiger partial charge in [0, 0.05) is 5.39 Å². The molecule has 3 nitrogen and oxygen atoms in total. The molecule has 0 spiro atoms. The van der Waals surface area contributed by atoms with Gasteiger partial charge in [0.15, 0.2) is 9.84 Å². The molecule has 104 valence electrons. The molecule has 4 rings (SSSR count). The quantitative estimate of drug-likeness (QED) is 0.806. The predicted octanol–water partition coefficient (Wildman–Crippen LogP) is 3.56. The SMILES string of the molecule is O=S1(=O)C2C=C(c3ccc4occc4c3)CC1CCC2. The third kappa shape index (κ3) is 1.74. The molecule has 1 aromatic carbocycles. The first-order chi connectivity index (χ1) is 9.64. The molecular weight excluding hydrogens is 272 g/mol. The summed E-state index contributed by atoms with van der Waals surface area (Å²) in [4.78, 5) is 0. The minimum absolute atomic E-state index is 0.179. The summed E-state index contributed by atoms with van der Waals surface area (Å²) in [5.74, 6) is 0. The van der Waals surface area contributed by atoms with E-state index in [0.29, 0.717) is 6.42 Å². The van der Waals surface area contributed by atoms with E-state index in [4.69, 9.17) is 4.42 Å². The third-order valence-corrected chi connectivity index (χ3v) is 7.11. The Kier molecular flexibility index (Phi) is 2.58. The topological polar surface area (TPSA) is 47.3 Å². The molecular formula is C16H16O3S. The van der Waals surface area contributed by atoms with Crippen LogP contribution >= 0.6 is 0 Å². The van der Waals surface area contributed by atoms with Crippen molar-refractivity contribution in [3.63, 3.8) is 0 Å². The lowest BCUT2D eigenvalue weighted by Crippen LogP contribution is -2.38. The zero-order chi connectivity index (χ0) is 13.7. The molecule has 2 bridgehead atoms. The van der Waals surface area contributed by atoms with Crippen LogP contribution in [0.5, 0.6) is 0 Å². The van der Waals surface area contributed by atoms with Crippen LogP contribution in [0.1, 0.15) is 31.2 Å². The van der Waals surface area contributed by atoms with Crippen LogP contribution in [-0.4, -0.2) is 18.9 Å². The molecule has 0 amide bonds. The highest BCUT2D eigenvalue weighted by Crippen LogP contribution is 2.39. The van der Waals surface area contributed by atoms with Crippen LogP contribution < -0.4 is 0 Å². The highest BCUT2D eigenvalue weighted by atomic mass is 32.2. The lowest BCUT2D eigenvalue weighted by atomic mass is 9.93. The van der Waals surface area contributed by atoms with Gasteiger partial charge in [-0.3, -0.25) is 0 Å². The average molecular weight is 288 g/mol. The summed E-state index contributed by atoms with van der Waals surface area (Å²) < 4.78 is 29.9. The highest BCUT2D eigenvalue weighted by Gasteiger charge is 2.40. The summed E-state index contributed by atoms with van der Waals surface area (Å²) >= 11 is 0. The molecule has 2 unspecified atom stereocenters. The fourth-order valence-corrected chi connectivity index (χ4v) is 5.69. The second-order valence-corrected chi connectivity index (χ2v) is 8.20. The number of hydrogen-bond acceptors (Lipinski definition) is 3. The minimum Gasteiger partial charge on any atom is -0.464 e. The van der Waals surface area contributed by atoms with E-state index in [2.05, 4.69) is 6.07 Å². The first-order valence-corrected chi connectivity index (χ1v) is 8.66. The van der Waals surface area contributed by atoms with Gasteiger partial charge in [-0.05, 0) is 48.6 Å². The first-order valence-electron chi connectivity index (χ1n) is 7.05. The molecule has 2 aromatic rings. The molecule has 0 aliphatic carbocycles. The van der Waals surface area contributed by atoms with E-state index in [-0.39, 0.29) is 10.5 Å². The van der Waals surface area contributed by atoms with E-state index in [1.54, 1.807) is 6.26 Å². The van der Waals surface area contributed by atoms with Crippen LogP contribution in [0.15, 0.2) is 41.0 Å². The molecule has 2 aliphatic rings. The Bertz CT molecular complexity index is 798. The van der Waals surface area contributed by atoms with Crippen molar-refractivity contribution in [3.05, 3.63) is 42.2 Å². The van der Waals surface area contributed by atoms with Gasteiger partial charge in [0.05, 0.1) is 16.8 Å². The second kappa shape index (κ2) is 4.22. The fourth-order valence-electron chi connectivity index (χ4n) is 3.44. The van der Waals surface area contributed by atoms with Crippen LogP contribution in [0.25, 0.3) is 16.5 Å². The molecule has 0 saturated carbocycles. The van der Waals surface area contributed by atoms with E-state index in [9.17, 15) is 8.42 Å². The van der Waals surface area contributed by atoms with Gasteiger partial charge in [0.2, 0.25) is 0 Å². The van der Waals surface area contributed by atoms with Crippen molar-refractivity contribution >= 4 is 26.4 Å². The molecule has 4 heteroatoms. The maximum Gasteiger partial charge on any atom is 0.159 e. The Balaban J connectivity index is 1.80. The summed E-state index contributed by atoms with van der Waals surface area (Å²) in [6.45, 7) is 0. The van der Waals surface area contributed by atoms with E-state index >= 15 is 0 Å². The van der Waals surface area contributed by atoms with Crippen LogP contribution in [0.2, 0.25) is 0 Å². The van der Waals surface area contributed by atoms with E-state index in [0.717, 1.165) is 35.8 Å². The van der Waals surface area contributed by atoms with Crippen LogP contribution in [-0.2, 0) is 9.84 Å². The Labute approximate surface area is 118 Å². The molecule has 1 aromatic heterocycles. The first kappa shape index (κ1) is 12.2. The van der Waals surface area contributed by atoms with Crippen molar-refractivity contribution in [1.29, 1.82) is 0 Å². The normalized spacial score (nSPS) is 28.3. The molecule has 0 N–H and O–H groups in total. The molecule has 3 heterocycles. The Morgan fingerprint density at radius 1 is 1.15 bits per heavy atom. The van der Waals surface area contributed by atoms with Gasteiger partial charge < -0.3 is 4.42 Å². The Morgan fingerprint density at radius 3 is 2.90 bits per heavy atom. The van der Waals surface area contributed by atoms with Gasteiger partial charge in [-0.15, -0.1) is 0 Å². The van der Waals surface area contributed by atoms with Crippen molar-refractivity contribution in [3.8, 4) is 0 Å². The number of fused-ring (bicyclic) bond motifs is 3. The minimum atomic E-state index is -2.93. The highest BCUT2D eigenvalue weighted by molar-refractivity contribution is 7.93. The standard InChI is InChI=1S/C16H16O3S/c17-20(18)14-2-1-3-15(20)10-13(9-14)11-4-5-16-12(8-11)6-7-19-16/h4-9,14-15H,1-3,10H2. The average Bonchev–Trinajstić information content (AvgIpc) is 2.84. The maximum absolute atomic E-state index is 12.3. The van der Waals surface area contributed by atoms with Crippen molar-refractivity contribution in [2.75, 3.05) is 0 Å². The van der Waals surface area contributed by atoms with Gasteiger partial charge in [-0.2, -0.15) is 0 Å². The molecule has 0 radical (unpaired) electrons. The summed E-state index contributed by atoms with van der Waals surface area (Å²) in [5, 5.41) is 0.619. The lowest BCUT2D eigenvalue weighted by molar-refractivity contribution is 0.518. The van der Waals surface area contributed by atoms with Gasteiger partial charge in [-0.1, -0.05) is 18.6 Å². The molecule has 1 saturated heterocycles. The fraction of sp³-hybridized carbons (Fsp3) is 0.375. The van der Waals surface area contributed by atoms with Crippen molar-refractivity contribution in [1.82, 2.24) is 0 Å². The summed E-state index contributed by atoms with van der Waals surface area (Å²) in [5.41, 5.74) is 3.18. The van der Waals surface area contributed by atoms with E-state index in [1.807, 2.05) is 24.3 Å². The predicted molar refractivity (Wildman–Crippen MR) is 79.2 cm³/mol. The molecule has 2 aliphatic heterocycles. The zero-order valence-corrected chi connectivity index (χ0v) is 11.9. The number of furan rings is 1. The number of hydrogen-bond donors (Lipinski definition) is 0. The summed E-state index contributed by atoms with van der Waals surface area (Å²) in [7, 11) is -2.93. The van der Waals surface area contributed by atoms with Crippen molar-refractivity contribution in [2.45, 2.75) is 36.2 Å². The monoisotopic (exact) mass is 288 g/mol. The van der Waals surface area contributed by atoms with Crippen molar-refractivity contribution < 1.29 is 12.8 Å². The number of rotatable bonds is 1. The van der Waals surface area contributed by atoms with Gasteiger partial charge >= 0.3 is 0 Å². The molecule has 1 fully saturated rings. The molecule has 20 heavy (non-hydrogen) atoms. The van der Waals surface area contributed by atoms with Crippen LogP contribution in [0, 0.1) is 0 Å². The smallest absolute Gasteiger partial charge is 0.159 e. The second-order valence-electron chi connectivity index (χ2n) is 5.75. The van der Waals surface area contributed by atoms with Crippen molar-refractivity contribution in [2.24, 2.45) is 0 Å². The van der Waals surface area contributed by atoms with Gasteiger partial charge in [-0.25, -0.2) is 8.42 Å². The Hall–Kier alpha value is -1.55. The van der Waals surface area contributed by atoms with Crippen LogP contribution in [0.3, 0.4) is 0 Å². The largest absolute Gasteiger partial charge is 0.464 e.